The van der Waals surface area contributed by atoms with Crippen molar-refractivity contribution in [1.29, 1.82) is 0 Å². The van der Waals surface area contributed by atoms with Crippen LogP contribution in [0.15, 0.2) is 22.7 Å². The van der Waals surface area contributed by atoms with Crippen molar-refractivity contribution in [2.45, 2.75) is 38.4 Å². The van der Waals surface area contributed by atoms with Crippen molar-refractivity contribution in [1.82, 2.24) is 0 Å². The lowest BCUT2D eigenvalue weighted by Crippen LogP contribution is -2.28. The molecule has 0 aliphatic carbocycles. The molecule has 100 valence electrons. The summed E-state index contributed by atoms with van der Waals surface area (Å²) in [5.41, 5.74) is 1.47. The van der Waals surface area contributed by atoms with E-state index in [1.54, 1.807) is 0 Å². The maximum absolute atomic E-state index is 10.1. The van der Waals surface area contributed by atoms with Crippen LogP contribution in [-0.2, 0) is 6.61 Å². The highest BCUT2D eigenvalue weighted by atomic mass is 79.9. The summed E-state index contributed by atoms with van der Waals surface area (Å²) in [6.07, 6.45) is 2.59. The van der Waals surface area contributed by atoms with Crippen LogP contribution in [0.25, 0.3) is 0 Å². The molecule has 0 amide bonds. The van der Waals surface area contributed by atoms with Crippen LogP contribution in [0, 0.1) is 0 Å². The van der Waals surface area contributed by atoms with Gasteiger partial charge in [-0.05, 0) is 44.4 Å². The minimum Gasteiger partial charge on any atom is -0.392 e. The molecule has 1 unspecified atom stereocenters. The van der Waals surface area contributed by atoms with Crippen molar-refractivity contribution in [2.24, 2.45) is 0 Å². The predicted molar refractivity (Wildman–Crippen MR) is 76.8 cm³/mol. The van der Waals surface area contributed by atoms with Crippen molar-refractivity contribution in [2.75, 3.05) is 18.0 Å². The van der Waals surface area contributed by atoms with Gasteiger partial charge in [0.05, 0.1) is 12.2 Å². The van der Waals surface area contributed by atoms with E-state index in [1.165, 1.54) is 0 Å². The van der Waals surface area contributed by atoms with E-state index >= 15 is 0 Å². The second-order valence-corrected chi connectivity index (χ2v) is 6.18. The molecule has 1 fully saturated rings. The topological polar surface area (TPSA) is 43.7 Å². The second kappa shape index (κ2) is 5.59. The minimum absolute atomic E-state index is 0.0433. The number of hydrogen-bond acceptors (Lipinski definition) is 3. The molecular weight excluding hydrogens is 294 g/mol. The van der Waals surface area contributed by atoms with Crippen molar-refractivity contribution >= 4 is 21.6 Å². The first-order chi connectivity index (χ1) is 8.52. The smallest absolute Gasteiger partial charge is 0.0702 e. The third kappa shape index (κ3) is 3.25. The lowest BCUT2D eigenvalue weighted by atomic mass is 9.98. The molecule has 1 aliphatic heterocycles. The van der Waals surface area contributed by atoms with Crippen LogP contribution in [0.4, 0.5) is 5.69 Å². The van der Waals surface area contributed by atoms with Crippen LogP contribution < -0.4 is 4.90 Å². The van der Waals surface area contributed by atoms with Gasteiger partial charge in [0.1, 0.15) is 0 Å². The number of anilines is 1. The van der Waals surface area contributed by atoms with Gasteiger partial charge in [0, 0.05) is 28.8 Å². The number of nitrogens with zero attached hydrogens (tertiary/aromatic N) is 1. The third-order valence-electron chi connectivity index (χ3n) is 3.62. The average molecular weight is 314 g/mol. The zero-order valence-electron chi connectivity index (χ0n) is 10.7. The molecule has 0 spiro atoms. The highest BCUT2D eigenvalue weighted by Gasteiger charge is 2.25. The summed E-state index contributed by atoms with van der Waals surface area (Å²) in [4.78, 5) is 2.26. The average Bonchev–Trinajstić information content (AvgIpc) is 2.50. The Kier molecular flexibility index (Phi) is 4.30. The number of aliphatic hydroxyl groups excluding tert-OH is 1. The molecule has 1 atom stereocenters. The van der Waals surface area contributed by atoms with Gasteiger partial charge in [-0.1, -0.05) is 15.9 Å². The monoisotopic (exact) mass is 313 g/mol. The number of aliphatic hydroxyl groups is 2. The normalized spacial score (nSPS) is 25.0. The molecule has 0 aromatic heterocycles. The Bertz CT molecular complexity index is 420. The number of benzene rings is 1. The molecule has 1 saturated heterocycles. The van der Waals surface area contributed by atoms with E-state index in [9.17, 15) is 10.2 Å². The molecule has 0 radical (unpaired) electrons. The quantitative estimate of drug-likeness (QED) is 0.882. The first kappa shape index (κ1) is 13.8. The summed E-state index contributed by atoms with van der Waals surface area (Å²) < 4.78 is 0.983. The Morgan fingerprint density at radius 1 is 1.33 bits per heavy atom. The van der Waals surface area contributed by atoms with Gasteiger partial charge < -0.3 is 15.1 Å². The molecule has 1 aromatic carbocycles. The van der Waals surface area contributed by atoms with E-state index in [-0.39, 0.29) is 6.61 Å². The maximum Gasteiger partial charge on any atom is 0.0702 e. The van der Waals surface area contributed by atoms with Crippen molar-refractivity contribution < 1.29 is 10.2 Å². The van der Waals surface area contributed by atoms with Gasteiger partial charge in [0.25, 0.3) is 0 Å². The van der Waals surface area contributed by atoms with Gasteiger partial charge in [-0.2, -0.15) is 0 Å². The van der Waals surface area contributed by atoms with Gasteiger partial charge in [0.15, 0.2) is 0 Å². The second-order valence-electron chi connectivity index (χ2n) is 5.27. The summed E-state index contributed by atoms with van der Waals surface area (Å²) in [6, 6.07) is 5.99. The fraction of sp³-hybridized carbons (Fsp3) is 0.571. The maximum atomic E-state index is 10.1. The number of rotatable bonds is 2. The molecular formula is C14H20BrNO2. The SMILES string of the molecule is CC1(O)CCCN(c2ccc(Br)cc2CO)CC1. The summed E-state index contributed by atoms with van der Waals surface area (Å²) in [5, 5.41) is 19.6. The van der Waals surface area contributed by atoms with Gasteiger partial charge in [0.2, 0.25) is 0 Å². The van der Waals surface area contributed by atoms with Crippen LogP contribution in [0.1, 0.15) is 31.7 Å². The fourth-order valence-corrected chi connectivity index (χ4v) is 2.90. The lowest BCUT2D eigenvalue weighted by Gasteiger charge is -2.26. The van der Waals surface area contributed by atoms with Crippen molar-refractivity contribution in [3.63, 3.8) is 0 Å². The van der Waals surface area contributed by atoms with Crippen LogP contribution in [0.2, 0.25) is 0 Å². The molecule has 4 heteroatoms. The molecule has 18 heavy (non-hydrogen) atoms. The van der Waals surface area contributed by atoms with Crippen LogP contribution in [0.5, 0.6) is 0 Å². The van der Waals surface area contributed by atoms with E-state index < -0.39 is 5.60 Å². The standard InChI is InChI=1S/C14H20BrNO2/c1-14(18)5-2-7-16(8-6-14)13-4-3-12(15)9-11(13)10-17/h3-4,9,17-18H,2,5-8,10H2,1H3. The van der Waals surface area contributed by atoms with Crippen LogP contribution in [-0.4, -0.2) is 28.9 Å². The van der Waals surface area contributed by atoms with Gasteiger partial charge in [-0.15, -0.1) is 0 Å². The fourth-order valence-electron chi connectivity index (χ4n) is 2.49. The molecule has 0 saturated carbocycles. The molecule has 1 aliphatic rings. The minimum atomic E-state index is -0.552. The molecule has 1 heterocycles. The van der Waals surface area contributed by atoms with Crippen molar-refractivity contribution in [3.8, 4) is 0 Å². The Balaban J connectivity index is 2.21. The molecule has 2 N–H and O–H groups in total. The van der Waals surface area contributed by atoms with Crippen molar-refractivity contribution in [3.05, 3.63) is 28.2 Å². The van der Waals surface area contributed by atoms with E-state index in [0.29, 0.717) is 0 Å². The Hall–Kier alpha value is -0.580. The highest BCUT2D eigenvalue weighted by molar-refractivity contribution is 9.10. The lowest BCUT2D eigenvalue weighted by molar-refractivity contribution is 0.0481. The summed E-state index contributed by atoms with van der Waals surface area (Å²) in [7, 11) is 0. The molecule has 3 nitrogen and oxygen atoms in total. The predicted octanol–water partition coefficient (Wildman–Crippen LogP) is 2.68. The Morgan fingerprint density at radius 3 is 2.83 bits per heavy atom. The van der Waals surface area contributed by atoms with Crippen LogP contribution in [0.3, 0.4) is 0 Å². The zero-order chi connectivity index (χ0) is 13.2. The van der Waals surface area contributed by atoms with Gasteiger partial charge in [-0.3, -0.25) is 0 Å². The van der Waals surface area contributed by atoms with E-state index in [4.69, 9.17) is 0 Å². The largest absolute Gasteiger partial charge is 0.392 e. The van der Waals surface area contributed by atoms with E-state index in [0.717, 1.165) is 48.1 Å². The van der Waals surface area contributed by atoms with E-state index in [2.05, 4.69) is 20.8 Å². The molecule has 0 bridgehead atoms. The summed E-state index contributed by atoms with van der Waals surface area (Å²) >= 11 is 3.43. The summed E-state index contributed by atoms with van der Waals surface area (Å²) in [5.74, 6) is 0. The first-order valence-corrected chi connectivity index (χ1v) is 7.18. The first-order valence-electron chi connectivity index (χ1n) is 6.38. The molecule has 2 rings (SSSR count). The zero-order valence-corrected chi connectivity index (χ0v) is 12.3. The highest BCUT2D eigenvalue weighted by Crippen LogP contribution is 2.29. The Morgan fingerprint density at radius 2 is 2.11 bits per heavy atom. The summed E-state index contributed by atoms with van der Waals surface area (Å²) in [6.45, 7) is 3.72. The van der Waals surface area contributed by atoms with Gasteiger partial charge in [-0.25, -0.2) is 0 Å². The van der Waals surface area contributed by atoms with Crippen LogP contribution >= 0.6 is 15.9 Å². The van der Waals surface area contributed by atoms with Gasteiger partial charge >= 0.3 is 0 Å². The molecule has 1 aromatic rings. The number of hydrogen-bond donors (Lipinski definition) is 2. The number of halogens is 1. The third-order valence-corrected chi connectivity index (χ3v) is 4.11. The Labute approximate surface area is 117 Å². The van der Waals surface area contributed by atoms with E-state index in [1.807, 2.05) is 25.1 Å².